The highest BCUT2D eigenvalue weighted by molar-refractivity contribution is 7.10. The van der Waals surface area contributed by atoms with Crippen LogP contribution in [0.5, 0.6) is 11.5 Å². The van der Waals surface area contributed by atoms with Crippen LogP contribution in [0.3, 0.4) is 0 Å². The predicted octanol–water partition coefficient (Wildman–Crippen LogP) is 5.09. The molecule has 2 heterocycles. The second-order valence-corrected chi connectivity index (χ2v) is 9.29. The fourth-order valence-electron chi connectivity index (χ4n) is 4.08. The highest BCUT2D eigenvalue weighted by atomic mass is 32.1. The quantitative estimate of drug-likeness (QED) is 0.489. The van der Waals surface area contributed by atoms with Crippen LogP contribution >= 0.6 is 11.3 Å². The Hall–Kier alpha value is -3.52. The summed E-state index contributed by atoms with van der Waals surface area (Å²) in [5.74, 6) is 1.27. The maximum atomic E-state index is 13.5. The number of nitrogens with zero attached hydrogens (tertiary/aromatic N) is 2. The molecule has 1 N–H and O–H groups in total. The summed E-state index contributed by atoms with van der Waals surface area (Å²) in [6, 6.07) is 15.2. The number of amides is 3. The van der Waals surface area contributed by atoms with E-state index < -0.39 is 0 Å². The van der Waals surface area contributed by atoms with Crippen molar-refractivity contribution in [3.8, 4) is 11.5 Å². The molecular weight excluding hydrogens is 450 g/mol. The van der Waals surface area contributed by atoms with Gasteiger partial charge in [0.2, 0.25) is 5.91 Å². The molecule has 0 bridgehead atoms. The van der Waals surface area contributed by atoms with Crippen LogP contribution in [-0.4, -0.2) is 44.1 Å². The van der Waals surface area contributed by atoms with Gasteiger partial charge in [0.05, 0.1) is 32.0 Å². The van der Waals surface area contributed by atoms with E-state index in [0.29, 0.717) is 48.9 Å². The molecule has 8 heteroatoms. The monoisotopic (exact) mass is 479 g/mol. The molecule has 2 aromatic carbocycles. The van der Waals surface area contributed by atoms with E-state index in [1.54, 1.807) is 30.5 Å². The maximum Gasteiger partial charge on any atom is 0.324 e. The molecule has 1 aromatic heterocycles. The van der Waals surface area contributed by atoms with Crippen molar-refractivity contribution in [1.82, 2.24) is 4.90 Å². The number of hydrogen-bond donors (Lipinski definition) is 1. The van der Waals surface area contributed by atoms with Crippen molar-refractivity contribution in [1.29, 1.82) is 0 Å². The van der Waals surface area contributed by atoms with E-state index in [9.17, 15) is 9.59 Å². The number of rotatable bonds is 8. The van der Waals surface area contributed by atoms with Crippen LogP contribution in [0.4, 0.5) is 16.2 Å². The Bertz CT molecular complexity index is 1140. The van der Waals surface area contributed by atoms with Gasteiger partial charge in [-0.15, -0.1) is 11.3 Å². The van der Waals surface area contributed by atoms with E-state index in [1.165, 1.54) is 0 Å². The number of carbonyl (C=O) groups is 2. The van der Waals surface area contributed by atoms with E-state index in [0.717, 1.165) is 22.4 Å². The summed E-state index contributed by atoms with van der Waals surface area (Å²) >= 11 is 1.55. The molecule has 0 atom stereocenters. The summed E-state index contributed by atoms with van der Waals surface area (Å²) in [4.78, 5) is 30.8. The molecule has 0 saturated carbocycles. The first-order chi connectivity index (χ1) is 16.5. The zero-order chi connectivity index (χ0) is 24.1. The van der Waals surface area contributed by atoms with E-state index in [2.05, 4.69) is 5.32 Å². The van der Waals surface area contributed by atoms with Crippen molar-refractivity contribution in [3.05, 3.63) is 69.9 Å². The average molecular weight is 480 g/mol. The normalized spacial score (nSPS) is 13.7. The third kappa shape index (κ3) is 5.51. The molecular formula is C26H29N3O4S. The van der Waals surface area contributed by atoms with Crippen LogP contribution in [-0.2, 0) is 17.8 Å². The zero-order valence-corrected chi connectivity index (χ0v) is 20.5. The van der Waals surface area contributed by atoms with Gasteiger partial charge in [-0.3, -0.25) is 9.69 Å². The molecule has 0 spiro atoms. The minimum atomic E-state index is -0.0981. The van der Waals surface area contributed by atoms with Gasteiger partial charge in [-0.05, 0) is 60.2 Å². The van der Waals surface area contributed by atoms with E-state index in [1.807, 2.05) is 65.7 Å². The molecule has 178 valence electrons. The van der Waals surface area contributed by atoms with Crippen molar-refractivity contribution in [3.63, 3.8) is 0 Å². The summed E-state index contributed by atoms with van der Waals surface area (Å²) < 4.78 is 10.7. The Labute approximate surface area is 203 Å². The van der Waals surface area contributed by atoms with E-state index in [-0.39, 0.29) is 11.9 Å². The molecule has 4 rings (SSSR count). The number of urea groups is 1. The van der Waals surface area contributed by atoms with Gasteiger partial charge in [-0.2, -0.15) is 0 Å². The fourth-order valence-corrected chi connectivity index (χ4v) is 4.78. The summed E-state index contributed by atoms with van der Waals surface area (Å²) in [5, 5.41) is 4.98. The van der Waals surface area contributed by atoms with Gasteiger partial charge in [-0.25, -0.2) is 4.79 Å². The van der Waals surface area contributed by atoms with Crippen LogP contribution in [0.15, 0.2) is 53.9 Å². The second kappa shape index (κ2) is 10.6. The number of nitrogens with one attached hydrogen (secondary N) is 1. The van der Waals surface area contributed by atoms with Gasteiger partial charge >= 0.3 is 6.03 Å². The van der Waals surface area contributed by atoms with Gasteiger partial charge < -0.3 is 19.7 Å². The van der Waals surface area contributed by atoms with Crippen LogP contribution in [0.25, 0.3) is 0 Å². The summed E-state index contributed by atoms with van der Waals surface area (Å²) in [5.41, 5.74) is 3.31. The Morgan fingerprint density at radius 1 is 1.06 bits per heavy atom. The first-order valence-electron chi connectivity index (χ1n) is 11.2. The number of methoxy groups -OCH3 is 2. The SMILES string of the molecule is COc1cc(CN2CCCN(c3ccc(C)cc3NC(=O)Cc3cccs3)C2=O)cc(OC)c1. The number of hydrogen-bond acceptors (Lipinski definition) is 5. The van der Waals surface area contributed by atoms with E-state index >= 15 is 0 Å². The van der Waals surface area contributed by atoms with Gasteiger partial charge in [0.25, 0.3) is 0 Å². The zero-order valence-electron chi connectivity index (χ0n) is 19.7. The minimum absolute atomic E-state index is 0.0920. The van der Waals surface area contributed by atoms with Gasteiger partial charge in [0.1, 0.15) is 11.5 Å². The number of ether oxygens (including phenoxy) is 2. The second-order valence-electron chi connectivity index (χ2n) is 8.26. The fraction of sp³-hybridized carbons (Fsp3) is 0.308. The maximum absolute atomic E-state index is 13.5. The van der Waals surface area contributed by atoms with Crippen LogP contribution in [0.2, 0.25) is 0 Å². The van der Waals surface area contributed by atoms with Crippen LogP contribution in [0, 0.1) is 6.92 Å². The summed E-state index contributed by atoms with van der Waals surface area (Å²) in [6.45, 7) is 3.66. The molecule has 1 aliphatic rings. The lowest BCUT2D eigenvalue weighted by molar-refractivity contribution is -0.115. The number of thiophene rings is 1. The topological polar surface area (TPSA) is 71.1 Å². The Balaban J connectivity index is 1.54. The Morgan fingerprint density at radius 2 is 1.82 bits per heavy atom. The lowest BCUT2D eigenvalue weighted by atomic mass is 10.1. The molecule has 0 radical (unpaired) electrons. The van der Waals surface area contributed by atoms with Gasteiger partial charge in [0, 0.05) is 30.6 Å². The lowest BCUT2D eigenvalue weighted by Gasteiger charge is -2.36. The molecule has 0 aliphatic carbocycles. The Morgan fingerprint density at radius 3 is 2.50 bits per heavy atom. The third-order valence-corrected chi connectivity index (χ3v) is 6.60. The lowest BCUT2D eigenvalue weighted by Crippen LogP contribution is -2.49. The standard InChI is InChI=1S/C26H29N3O4S/c1-18-7-8-24(23(12-18)27-25(30)16-22-6-4-11-34-22)29-10-5-9-28(26(29)31)17-19-13-20(32-2)15-21(14-19)33-3/h4,6-8,11-15H,5,9-10,16-17H2,1-3H3,(H,27,30). The van der Waals surface area contributed by atoms with Crippen molar-refractivity contribution < 1.29 is 19.1 Å². The molecule has 34 heavy (non-hydrogen) atoms. The van der Waals surface area contributed by atoms with Crippen LogP contribution < -0.4 is 19.7 Å². The average Bonchev–Trinajstić information content (AvgIpc) is 3.33. The van der Waals surface area contributed by atoms with Crippen molar-refractivity contribution in [2.24, 2.45) is 0 Å². The molecule has 7 nitrogen and oxygen atoms in total. The van der Waals surface area contributed by atoms with Gasteiger partial charge in [0.15, 0.2) is 0 Å². The van der Waals surface area contributed by atoms with Crippen molar-refractivity contribution >= 4 is 34.6 Å². The first kappa shape index (κ1) is 23.6. The molecule has 1 aliphatic heterocycles. The molecule has 3 amide bonds. The number of aryl methyl sites for hydroxylation is 1. The molecule has 1 saturated heterocycles. The van der Waals surface area contributed by atoms with E-state index in [4.69, 9.17) is 9.47 Å². The molecule has 1 fully saturated rings. The number of benzene rings is 2. The molecule has 0 unspecified atom stereocenters. The van der Waals surface area contributed by atoms with Crippen LogP contribution in [0.1, 0.15) is 22.4 Å². The van der Waals surface area contributed by atoms with Crippen molar-refractivity contribution in [2.75, 3.05) is 37.5 Å². The number of anilines is 2. The van der Waals surface area contributed by atoms with Crippen molar-refractivity contribution in [2.45, 2.75) is 26.3 Å². The Kier molecular flexibility index (Phi) is 7.37. The predicted molar refractivity (Wildman–Crippen MR) is 135 cm³/mol. The molecule has 3 aromatic rings. The highest BCUT2D eigenvalue weighted by Gasteiger charge is 2.29. The largest absolute Gasteiger partial charge is 0.497 e. The highest BCUT2D eigenvalue weighted by Crippen LogP contribution is 2.31. The third-order valence-electron chi connectivity index (χ3n) is 5.73. The van der Waals surface area contributed by atoms with Gasteiger partial charge in [-0.1, -0.05) is 12.1 Å². The smallest absolute Gasteiger partial charge is 0.324 e. The number of carbonyl (C=O) groups excluding carboxylic acids is 2. The summed E-state index contributed by atoms with van der Waals surface area (Å²) in [6.07, 6.45) is 1.13. The minimum Gasteiger partial charge on any atom is -0.497 e. The first-order valence-corrected chi connectivity index (χ1v) is 12.1. The summed E-state index contributed by atoms with van der Waals surface area (Å²) in [7, 11) is 3.22.